The van der Waals surface area contributed by atoms with Crippen molar-refractivity contribution in [1.29, 1.82) is 0 Å². The molecule has 1 saturated heterocycles. The Morgan fingerprint density at radius 1 is 1.20 bits per heavy atom. The third kappa shape index (κ3) is 7.59. The van der Waals surface area contributed by atoms with Crippen molar-refractivity contribution in [3.63, 3.8) is 0 Å². The summed E-state index contributed by atoms with van der Waals surface area (Å²) in [5, 5.41) is 15.2. The van der Waals surface area contributed by atoms with Gasteiger partial charge in [0.2, 0.25) is 5.91 Å². The number of ketones is 1. The Bertz CT molecular complexity index is 775. The van der Waals surface area contributed by atoms with Crippen LogP contribution in [0.4, 0.5) is 4.79 Å². The van der Waals surface area contributed by atoms with Gasteiger partial charge >= 0.3 is 6.09 Å². The van der Waals surface area contributed by atoms with Crippen molar-refractivity contribution in [1.82, 2.24) is 10.3 Å². The summed E-state index contributed by atoms with van der Waals surface area (Å²) < 4.78 is 5.08. The first-order valence-corrected chi connectivity index (χ1v) is 10.1. The average Bonchev–Trinajstić information content (AvgIpc) is 2.67. The van der Waals surface area contributed by atoms with Gasteiger partial charge in [-0.2, -0.15) is 5.10 Å². The first kappa shape index (κ1) is 23.5. The highest BCUT2D eigenvalue weighted by Crippen LogP contribution is 2.17. The summed E-state index contributed by atoms with van der Waals surface area (Å²) >= 11 is 0. The van der Waals surface area contributed by atoms with Gasteiger partial charge in [-0.3, -0.25) is 9.59 Å². The molecule has 2 amide bonds. The number of ether oxygens (including phenoxy) is 1. The van der Waals surface area contributed by atoms with Crippen molar-refractivity contribution < 1.29 is 24.2 Å². The Balaban J connectivity index is 1.85. The highest BCUT2D eigenvalue weighted by Gasteiger charge is 2.27. The Morgan fingerprint density at radius 2 is 1.80 bits per heavy atom. The molecule has 1 atom stereocenters. The fourth-order valence-corrected chi connectivity index (χ4v) is 3.09. The molecule has 1 N–H and O–H groups in total. The summed E-state index contributed by atoms with van der Waals surface area (Å²) in [7, 11) is 0. The molecule has 8 nitrogen and oxygen atoms in total. The largest absolute Gasteiger partial charge is 0.443 e. The number of hydrazone groups is 1. The lowest BCUT2D eigenvalue weighted by molar-refractivity contribution is -0.137. The van der Waals surface area contributed by atoms with Crippen LogP contribution in [0.15, 0.2) is 29.4 Å². The number of hydrogen-bond donors (Lipinski definition) is 1. The van der Waals surface area contributed by atoms with Crippen LogP contribution in [0, 0.1) is 5.92 Å². The van der Waals surface area contributed by atoms with E-state index in [0.29, 0.717) is 37.1 Å². The van der Waals surface area contributed by atoms with E-state index < -0.39 is 23.7 Å². The molecule has 30 heavy (non-hydrogen) atoms. The maximum atomic E-state index is 12.5. The molecule has 0 saturated carbocycles. The number of carbonyl (C=O) groups is 3. The maximum absolute atomic E-state index is 12.5. The molecule has 1 fully saturated rings. The smallest absolute Gasteiger partial charge is 0.428 e. The van der Waals surface area contributed by atoms with Crippen LogP contribution in [0.1, 0.15) is 62.9 Å². The van der Waals surface area contributed by atoms with Gasteiger partial charge < -0.3 is 9.64 Å². The number of rotatable bonds is 6. The third-order valence-corrected chi connectivity index (χ3v) is 4.67. The Kier molecular flexibility index (Phi) is 8.11. The Morgan fingerprint density at radius 3 is 2.37 bits per heavy atom. The number of carbonyl (C=O) groups excluding carboxylic acids is 3. The Hall–Kier alpha value is -2.74. The molecule has 8 heteroatoms. The zero-order chi connectivity index (χ0) is 22.3. The SMILES string of the molecule is CC(CC(=O)c1ccc(C=NNC(=O)OC(C)(C)C)cc1)C(=O)N1CCC([O])CC1. The van der Waals surface area contributed by atoms with E-state index in [2.05, 4.69) is 10.5 Å². The van der Waals surface area contributed by atoms with Gasteiger partial charge in [-0.15, -0.1) is 0 Å². The summed E-state index contributed by atoms with van der Waals surface area (Å²) in [6.07, 6.45) is 1.26. The number of Topliss-reactive ketones (excluding diaryl/α,β-unsaturated/α-hetero) is 1. The van der Waals surface area contributed by atoms with Gasteiger partial charge in [0.1, 0.15) is 5.60 Å². The molecule has 2 rings (SSSR count). The first-order valence-electron chi connectivity index (χ1n) is 10.1. The average molecular weight is 416 g/mol. The van der Waals surface area contributed by atoms with Crippen LogP contribution in [-0.2, 0) is 14.6 Å². The molecule has 1 unspecified atom stereocenters. The van der Waals surface area contributed by atoms with Gasteiger partial charge in [0, 0.05) is 31.0 Å². The third-order valence-electron chi connectivity index (χ3n) is 4.67. The molecule has 1 aromatic carbocycles. The number of piperidine rings is 1. The molecule has 0 aromatic heterocycles. The summed E-state index contributed by atoms with van der Waals surface area (Å²) in [5.41, 5.74) is 2.88. The van der Waals surface area contributed by atoms with Crippen LogP contribution in [0.25, 0.3) is 0 Å². The Labute approximate surface area is 177 Å². The summed E-state index contributed by atoms with van der Waals surface area (Å²) in [4.78, 5) is 38.2. The minimum absolute atomic E-state index is 0.0766. The highest BCUT2D eigenvalue weighted by molar-refractivity contribution is 5.99. The second-order valence-corrected chi connectivity index (χ2v) is 8.55. The van der Waals surface area contributed by atoms with E-state index in [1.165, 1.54) is 6.21 Å². The fraction of sp³-hybridized carbons (Fsp3) is 0.545. The van der Waals surface area contributed by atoms with Crippen molar-refractivity contribution >= 4 is 24.0 Å². The van der Waals surface area contributed by atoms with E-state index in [1.54, 1.807) is 56.9 Å². The maximum Gasteiger partial charge on any atom is 0.428 e. The van der Waals surface area contributed by atoms with Crippen molar-refractivity contribution in [3.05, 3.63) is 35.4 Å². The minimum Gasteiger partial charge on any atom is -0.443 e. The molecular weight excluding hydrogens is 386 g/mol. The van der Waals surface area contributed by atoms with Crippen LogP contribution < -0.4 is 5.43 Å². The fourth-order valence-electron chi connectivity index (χ4n) is 3.09. The molecule has 1 aliphatic rings. The minimum atomic E-state index is -0.649. The van der Waals surface area contributed by atoms with E-state index in [0.717, 1.165) is 0 Å². The van der Waals surface area contributed by atoms with Crippen LogP contribution in [0.3, 0.4) is 0 Å². The predicted molar refractivity (Wildman–Crippen MR) is 112 cm³/mol. The summed E-state index contributed by atoms with van der Waals surface area (Å²) in [6.45, 7) is 7.96. The quantitative estimate of drug-likeness (QED) is 0.436. The lowest BCUT2D eigenvalue weighted by Crippen LogP contribution is -2.42. The number of nitrogens with one attached hydrogen (secondary N) is 1. The van der Waals surface area contributed by atoms with Gasteiger partial charge in [-0.05, 0) is 39.2 Å². The van der Waals surface area contributed by atoms with Gasteiger partial charge in [0.05, 0.1) is 12.3 Å². The van der Waals surface area contributed by atoms with E-state index in [1.807, 2.05) is 0 Å². The van der Waals surface area contributed by atoms with E-state index in [9.17, 15) is 19.5 Å². The number of amides is 2. The van der Waals surface area contributed by atoms with E-state index in [-0.39, 0.29) is 18.1 Å². The normalized spacial score (nSPS) is 16.4. The predicted octanol–water partition coefficient (Wildman–Crippen LogP) is 3.18. The summed E-state index contributed by atoms with van der Waals surface area (Å²) in [5.74, 6) is -0.628. The van der Waals surface area contributed by atoms with Gasteiger partial charge in [0.15, 0.2) is 5.78 Å². The first-order chi connectivity index (χ1) is 14.0. The molecule has 0 aliphatic carbocycles. The van der Waals surface area contributed by atoms with Crippen LogP contribution >= 0.6 is 0 Å². The monoisotopic (exact) mass is 416 g/mol. The van der Waals surface area contributed by atoms with Crippen molar-refractivity contribution in [2.24, 2.45) is 11.0 Å². The van der Waals surface area contributed by atoms with Gasteiger partial charge in [-0.25, -0.2) is 15.3 Å². The number of likely N-dealkylation sites (tertiary alicyclic amines) is 1. The second kappa shape index (κ2) is 10.3. The second-order valence-electron chi connectivity index (χ2n) is 8.55. The van der Waals surface area contributed by atoms with Gasteiger partial charge in [0.25, 0.3) is 0 Å². The van der Waals surface area contributed by atoms with Gasteiger partial charge in [-0.1, -0.05) is 31.2 Å². The standard InChI is InChI=1S/C22H30N3O5/c1-15(20(28)25-11-9-18(26)10-12-25)13-19(27)17-7-5-16(6-8-17)14-23-24-21(29)30-22(2,3)4/h5-8,14-15,18H,9-13H2,1-4H3,(H,24,29). The lowest BCUT2D eigenvalue weighted by atomic mass is 9.97. The number of benzene rings is 1. The lowest BCUT2D eigenvalue weighted by Gasteiger charge is -2.30. The molecule has 0 spiro atoms. The van der Waals surface area contributed by atoms with Crippen LogP contribution in [0.2, 0.25) is 0 Å². The number of hydrogen-bond acceptors (Lipinski definition) is 5. The molecular formula is C22H30N3O5. The molecule has 1 aliphatic heterocycles. The molecule has 1 heterocycles. The van der Waals surface area contributed by atoms with Crippen LogP contribution in [0.5, 0.6) is 0 Å². The zero-order valence-electron chi connectivity index (χ0n) is 18.0. The topological polar surface area (TPSA) is 108 Å². The molecule has 1 radical (unpaired) electrons. The van der Waals surface area contributed by atoms with Crippen molar-refractivity contribution in [2.75, 3.05) is 13.1 Å². The van der Waals surface area contributed by atoms with Crippen LogP contribution in [-0.4, -0.2) is 53.7 Å². The zero-order valence-corrected chi connectivity index (χ0v) is 18.0. The van der Waals surface area contributed by atoms with Crippen molar-refractivity contribution in [2.45, 2.75) is 58.7 Å². The number of nitrogens with zero attached hydrogens (tertiary/aromatic N) is 2. The van der Waals surface area contributed by atoms with E-state index in [4.69, 9.17) is 4.74 Å². The highest BCUT2D eigenvalue weighted by atomic mass is 16.6. The molecule has 163 valence electrons. The molecule has 0 bridgehead atoms. The van der Waals surface area contributed by atoms with Crippen molar-refractivity contribution in [3.8, 4) is 0 Å². The summed E-state index contributed by atoms with van der Waals surface area (Å²) in [6, 6.07) is 6.74. The molecule has 1 aromatic rings. The van der Waals surface area contributed by atoms with E-state index >= 15 is 0 Å².